The molecule has 106 valence electrons. The Kier molecular flexibility index (Phi) is 5.56. The van der Waals surface area contributed by atoms with E-state index < -0.39 is 0 Å². The molecule has 0 radical (unpaired) electrons. The Morgan fingerprint density at radius 2 is 1.80 bits per heavy atom. The minimum atomic E-state index is 0.322. The highest BCUT2D eigenvalue weighted by Crippen LogP contribution is 2.21. The second-order valence-electron chi connectivity index (χ2n) is 4.84. The number of benzene rings is 1. The first-order chi connectivity index (χ1) is 9.83. The molecule has 1 aromatic heterocycles. The number of methoxy groups -OCH3 is 1. The second kappa shape index (κ2) is 7.65. The molecule has 0 saturated carbocycles. The number of pyridine rings is 1. The van der Waals surface area contributed by atoms with Gasteiger partial charge in [0.1, 0.15) is 5.75 Å². The van der Waals surface area contributed by atoms with Crippen LogP contribution in [0, 0.1) is 0 Å². The Labute approximate surface area is 121 Å². The normalized spacial score (nSPS) is 12.1. The summed E-state index contributed by atoms with van der Waals surface area (Å²) in [5.74, 6) is 0.895. The van der Waals surface area contributed by atoms with Gasteiger partial charge in [0, 0.05) is 18.4 Å². The maximum absolute atomic E-state index is 5.22. The topological polar surface area (TPSA) is 34.2 Å². The first-order valence-electron chi connectivity index (χ1n) is 7.09. The maximum Gasteiger partial charge on any atom is 0.118 e. The van der Waals surface area contributed by atoms with Crippen molar-refractivity contribution in [1.29, 1.82) is 0 Å². The lowest BCUT2D eigenvalue weighted by Gasteiger charge is -2.19. The van der Waals surface area contributed by atoms with Crippen LogP contribution in [0.15, 0.2) is 48.8 Å². The molecule has 0 aliphatic rings. The summed E-state index contributed by atoms with van der Waals surface area (Å²) in [6, 6.07) is 12.8. The molecule has 0 saturated heterocycles. The molecule has 0 aliphatic heterocycles. The summed E-state index contributed by atoms with van der Waals surface area (Å²) in [6.07, 6.45) is 5.79. The predicted molar refractivity (Wildman–Crippen MR) is 82.0 cm³/mol. The van der Waals surface area contributed by atoms with Crippen molar-refractivity contribution in [2.45, 2.75) is 25.8 Å². The van der Waals surface area contributed by atoms with Crippen molar-refractivity contribution in [1.82, 2.24) is 10.3 Å². The van der Waals surface area contributed by atoms with Gasteiger partial charge in [0.15, 0.2) is 0 Å². The minimum absolute atomic E-state index is 0.322. The summed E-state index contributed by atoms with van der Waals surface area (Å²) in [7, 11) is 1.69. The molecule has 1 unspecified atom stereocenters. The van der Waals surface area contributed by atoms with Crippen LogP contribution in [0.3, 0.4) is 0 Å². The molecular weight excluding hydrogens is 248 g/mol. The lowest BCUT2D eigenvalue weighted by atomic mass is 9.99. The van der Waals surface area contributed by atoms with Gasteiger partial charge in [-0.05, 0) is 54.8 Å². The van der Waals surface area contributed by atoms with Crippen LogP contribution in [0.1, 0.15) is 30.5 Å². The van der Waals surface area contributed by atoms with Crippen LogP contribution in [-0.2, 0) is 6.42 Å². The molecule has 0 bridgehead atoms. The third-order valence-corrected chi connectivity index (χ3v) is 3.35. The average molecular weight is 270 g/mol. The zero-order valence-electron chi connectivity index (χ0n) is 12.2. The van der Waals surface area contributed by atoms with Gasteiger partial charge in [-0.25, -0.2) is 0 Å². The van der Waals surface area contributed by atoms with Crippen molar-refractivity contribution in [2.24, 2.45) is 0 Å². The van der Waals surface area contributed by atoms with Crippen LogP contribution < -0.4 is 10.1 Å². The lowest BCUT2D eigenvalue weighted by molar-refractivity contribution is 0.414. The molecule has 3 nitrogen and oxygen atoms in total. The lowest BCUT2D eigenvalue weighted by Crippen LogP contribution is -2.24. The Balaban J connectivity index is 2.13. The summed E-state index contributed by atoms with van der Waals surface area (Å²) in [6.45, 7) is 3.20. The van der Waals surface area contributed by atoms with Crippen molar-refractivity contribution in [3.63, 3.8) is 0 Å². The fourth-order valence-corrected chi connectivity index (χ4v) is 2.22. The average Bonchev–Trinajstić information content (AvgIpc) is 2.52. The van der Waals surface area contributed by atoms with Crippen molar-refractivity contribution in [3.05, 3.63) is 59.9 Å². The van der Waals surface area contributed by atoms with Crippen LogP contribution >= 0.6 is 0 Å². The van der Waals surface area contributed by atoms with Crippen LogP contribution in [0.2, 0.25) is 0 Å². The van der Waals surface area contributed by atoms with Gasteiger partial charge in [-0.2, -0.15) is 0 Å². The van der Waals surface area contributed by atoms with Gasteiger partial charge in [0.05, 0.1) is 7.11 Å². The Hall–Kier alpha value is -1.87. The number of aromatic nitrogens is 1. The van der Waals surface area contributed by atoms with Crippen LogP contribution in [0.25, 0.3) is 0 Å². The van der Waals surface area contributed by atoms with Crippen LogP contribution in [0.5, 0.6) is 5.75 Å². The number of rotatable bonds is 7. The molecular formula is C17H22N2O. The zero-order chi connectivity index (χ0) is 14.2. The van der Waals surface area contributed by atoms with Gasteiger partial charge in [0.25, 0.3) is 0 Å². The van der Waals surface area contributed by atoms with Crippen LogP contribution in [-0.4, -0.2) is 18.6 Å². The largest absolute Gasteiger partial charge is 0.497 e. The summed E-state index contributed by atoms with van der Waals surface area (Å²) >= 11 is 0. The van der Waals surface area contributed by atoms with E-state index in [2.05, 4.69) is 41.5 Å². The fourth-order valence-electron chi connectivity index (χ4n) is 2.22. The van der Waals surface area contributed by atoms with Crippen molar-refractivity contribution in [3.8, 4) is 5.75 Å². The first-order valence-corrected chi connectivity index (χ1v) is 7.09. The highest BCUT2D eigenvalue weighted by atomic mass is 16.5. The van der Waals surface area contributed by atoms with Gasteiger partial charge in [0.2, 0.25) is 0 Å². The quantitative estimate of drug-likeness (QED) is 0.837. The fraction of sp³-hybridized carbons (Fsp3) is 0.353. The van der Waals surface area contributed by atoms with Gasteiger partial charge >= 0.3 is 0 Å². The highest BCUT2D eigenvalue weighted by molar-refractivity contribution is 5.30. The van der Waals surface area contributed by atoms with E-state index in [0.29, 0.717) is 6.04 Å². The van der Waals surface area contributed by atoms with Crippen molar-refractivity contribution < 1.29 is 4.74 Å². The molecule has 1 atom stereocenters. The van der Waals surface area contributed by atoms with E-state index in [0.717, 1.165) is 25.1 Å². The molecule has 0 aliphatic carbocycles. The van der Waals surface area contributed by atoms with Crippen molar-refractivity contribution >= 4 is 0 Å². The monoisotopic (exact) mass is 270 g/mol. The third kappa shape index (κ3) is 4.07. The van der Waals surface area contributed by atoms with E-state index in [1.807, 2.05) is 24.5 Å². The molecule has 2 aromatic rings. The van der Waals surface area contributed by atoms with Gasteiger partial charge in [-0.3, -0.25) is 4.98 Å². The molecule has 1 N–H and O–H groups in total. The van der Waals surface area contributed by atoms with Crippen molar-refractivity contribution in [2.75, 3.05) is 13.7 Å². The summed E-state index contributed by atoms with van der Waals surface area (Å²) in [4.78, 5) is 4.07. The standard InChI is InChI=1S/C17H22N2O/c1-3-10-19-17(13-14-8-11-18-12-9-14)15-4-6-16(20-2)7-5-15/h4-9,11-12,17,19H,3,10,13H2,1-2H3. The Morgan fingerprint density at radius 3 is 2.40 bits per heavy atom. The van der Waals surface area contributed by atoms with E-state index in [1.54, 1.807) is 7.11 Å². The Morgan fingerprint density at radius 1 is 1.10 bits per heavy atom. The number of ether oxygens (including phenoxy) is 1. The molecule has 0 amide bonds. The number of nitrogens with zero attached hydrogens (tertiary/aromatic N) is 1. The Bertz CT molecular complexity index is 496. The summed E-state index contributed by atoms with van der Waals surface area (Å²) < 4.78 is 5.22. The highest BCUT2D eigenvalue weighted by Gasteiger charge is 2.11. The van der Waals surface area contributed by atoms with E-state index in [-0.39, 0.29) is 0 Å². The SMILES string of the molecule is CCCNC(Cc1ccncc1)c1ccc(OC)cc1. The molecule has 0 fully saturated rings. The maximum atomic E-state index is 5.22. The molecule has 2 rings (SSSR count). The number of hydrogen-bond donors (Lipinski definition) is 1. The van der Waals surface area contributed by atoms with E-state index in [1.165, 1.54) is 11.1 Å². The molecule has 1 heterocycles. The smallest absolute Gasteiger partial charge is 0.118 e. The number of hydrogen-bond acceptors (Lipinski definition) is 3. The molecule has 3 heteroatoms. The minimum Gasteiger partial charge on any atom is -0.497 e. The van der Waals surface area contributed by atoms with Gasteiger partial charge in [-0.15, -0.1) is 0 Å². The van der Waals surface area contributed by atoms with Gasteiger partial charge in [-0.1, -0.05) is 19.1 Å². The summed E-state index contributed by atoms with van der Waals surface area (Å²) in [5, 5.41) is 3.61. The van der Waals surface area contributed by atoms with E-state index in [4.69, 9.17) is 4.74 Å². The predicted octanol–water partition coefficient (Wildman–Crippen LogP) is 3.37. The van der Waals surface area contributed by atoms with E-state index in [9.17, 15) is 0 Å². The zero-order valence-corrected chi connectivity index (χ0v) is 12.2. The first kappa shape index (κ1) is 14.5. The second-order valence-corrected chi connectivity index (χ2v) is 4.84. The third-order valence-electron chi connectivity index (χ3n) is 3.35. The molecule has 0 spiro atoms. The van der Waals surface area contributed by atoms with Crippen LogP contribution in [0.4, 0.5) is 0 Å². The molecule has 1 aromatic carbocycles. The molecule has 20 heavy (non-hydrogen) atoms. The summed E-state index contributed by atoms with van der Waals surface area (Å²) in [5.41, 5.74) is 2.58. The van der Waals surface area contributed by atoms with E-state index >= 15 is 0 Å². The van der Waals surface area contributed by atoms with Gasteiger partial charge < -0.3 is 10.1 Å². The number of nitrogens with one attached hydrogen (secondary N) is 1.